The van der Waals surface area contributed by atoms with Crippen LogP contribution in [0.5, 0.6) is 5.75 Å². The Hall–Kier alpha value is -2.54. The van der Waals surface area contributed by atoms with Gasteiger partial charge in [-0.2, -0.15) is 0 Å². The van der Waals surface area contributed by atoms with Gasteiger partial charge in [0.05, 0.1) is 18.6 Å². The number of ketones is 1. The van der Waals surface area contributed by atoms with Gasteiger partial charge in [0, 0.05) is 11.6 Å². The lowest BCUT2D eigenvalue weighted by molar-refractivity contribution is 0.0993. The molecule has 0 bridgehead atoms. The second-order valence-electron chi connectivity index (χ2n) is 7.30. The van der Waals surface area contributed by atoms with Gasteiger partial charge in [-0.15, -0.1) is 10.2 Å². The van der Waals surface area contributed by atoms with Gasteiger partial charge in [-0.3, -0.25) is 9.36 Å². The van der Waals surface area contributed by atoms with E-state index in [2.05, 4.69) is 14.8 Å². The first-order valence-electron chi connectivity index (χ1n) is 10.0. The van der Waals surface area contributed by atoms with E-state index in [0.717, 1.165) is 29.6 Å². The topological polar surface area (TPSA) is 70.2 Å². The number of carbonyl (C=O) groups excluding carboxylic acids is 1. The molecule has 0 N–H and O–H groups in total. The normalized spacial score (nSPS) is 15.9. The molecule has 0 spiro atoms. The van der Waals surface area contributed by atoms with E-state index in [0.29, 0.717) is 17.4 Å². The van der Waals surface area contributed by atoms with Gasteiger partial charge >= 0.3 is 0 Å². The van der Waals surface area contributed by atoms with Gasteiger partial charge in [-0.05, 0) is 56.2 Å². The largest absolute Gasteiger partial charge is 0.497 e. The monoisotopic (exact) mass is 411 g/mol. The van der Waals surface area contributed by atoms with Crippen molar-refractivity contribution < 1.29 is 13.9 Å². The van der Waals surface area contributed by atoms with Crippen molar-refractivity contribution in [1.82, 2.24) is 14.8 Å². The standard InChI is InChI=1S/C22H25N3O3S/c1-15(20(26)16-10-12-18(27-2)13-11-16)29-22-24-23-21(19-9-6-14-28-19)25(22)17-7-4-3-5-8-17/h6,9-15,17H,3-5,7-8H2,1-2H3. The van der Waals surface area contributed by atoms with Crippen molar-refractivity contribution in [3.8, 4) is 17.3 Å². The number of furan rings is 1. The highest BCUT2D eigenvalue weighted by Crippen LogP contribution is 2.37. The predicted octanol–water partition coefficient (Wildman–Crippen LogP) is 5.42. The Morgan fingerprint density at radius 3 is 2.59 bits per heavy atom. The van der Waals surface area contributed by atoms with Gasteiger partial charge in [-0.1, -0.05) is 31.0 Å². The van der Waals surface area contributed by atoms with E-state index in [1.165, 1.54) is 31.0 Å². The van der Waals surface area contributed by atoms with Crippen LogP contribution in [-0.2, 0) is 0 Å². The summed E-state index contributed by atoms with van der Waals surface area (Å²) in [5, 5.41) is 9.34. The summed E-state index contributed by atoms with van der Waals surface area (Å²) in [5.41, 5.74) is 0.667. The molecule has 152 valence electrons. The molecule has 1 aromatic carbocycles. The first-order valence-corrected chi connectivity index (χ1v) is 10.9. The van der Waals surface area contributed by atoms with Crippen LogP contribution in [0.3, 0.4) is 0 Å². The minimum absolute atomic E-state index is 0.0652. The molecule has 2 heterocycles. The lowest BCUT2D eigenvalue weighted by atomic mass is 9.95. The number of hydrogen-bond acceptors (Lipinski definition) is 6. The molecule has 1 aliphatic carbocycles. The molecule has 1 unspecified atom stereocenters. The number of aromatic nitrogens is 3. The average Bonchev–Trinajstić information content (AvgIpc) is 3.43. The lowest BCUT2D eigenvalue weighted by Crippen LogP contribution is -2.18. The molecular weight excluding hydrogens is 386 g/mol. The van der Waals surface area contributed by atoms with E-state index in [1.807, 2.05) is 31.2 Å². The van der Waals surface area contributed by atoms with Crippen molar-refractivity contribution in [1.29, 1.82) is 0 Å². The fraction of sp³-hybridized carbons (Fsp3) is 0.409. The summed E-state index contributed by atoms with van der Waals surface area (Å²) in [4.78, 5) is 12.9. The van der Waals surface area contributed by atoms with Crippen LogP contribution in [0.2, 0.25) is 0 Å². The zero-order valence-corrected chi connectivity index (χ0v) is 17.5. The van der Waals surface area contributed by atoms with Gasteiger partial charge in [0.2, 0.25) is 5.82 Å². The maximum absolute atomic E-state index is 12.9. The van der Waals surface area contributed by atoms with Crippen LogP contribution >= 0.6 is 11.8 Å². The summed E-state index contributed by atoms with van der Waals surface area (Å²) in [6.45, 7) is 1.92. The van der Waals surface area contributed by atoms with E-state index in [-0.39, 0.29) is 11.0 Å². The predicted molar refractivity (Wildman–Crippen MR) is 112 cm³/mol. The van der Waals surface area contributed by atoms with E-state index < -0.39 is 0 Å². The van der Waals surface area contributed by atoms with Gasteiger partial charge in [0.15, 0.2) is 16.7 Å². The van der Waals surface area contributed by atoms with Crippen molar-refractivity contribution in [2.45, 2.75) is 55.5 Å². The SMILES string of the molecule is COc1ccc(C(=O)C(C)Sc2nnc(-c3ccco3)n2C2CCCCC2)cc1. The molecular formula is C22H25N3O3S. The minimum Gasteiger partial charge on any atom is -0.497 e. The first kappa shape index (κ1) is 19.8. The van der Waals surface area contributed by atoms with Crippen molar-refractivity contribution in [2.24, 2.45) is 0 Å². The number of ether oxygens (including phenoxy) is 1. The Morgan fingerprint density at radius 1 is 1.17 bits per heavy atom. The third-order valence-electron chi connectivity index (χ3n) is 5.37. The second kappa shape index (κ2) is 8.86. The minimum atomic E-state index is -0.278. The van der Waals surface area contributed by atoms with Crippen molar-refractivity contribution in [3.63, 3.8) is 0 Å². The van der Waals surface area contributed by atoms with Crippen molar-refractivity contribution in [2.75, 3.05) is 7.11 Å². The highest BCUT2D eigenvalue weighted by molar-refractivity contribution is 8.00. The van der Waals surface area contributed by atoms with E-state index in [4.69, 9.17) is 9.15 Å². The number of Topliss-reactive ketones (excluding diaryl/α,β-unsaturated/α-hetero) is 1. The zero-order valence-electron chi connectivity index (χ0n) is 16.7. The molecule has 0 aliphatic heterocycles. The lowest BCUT2D eigenvalue weighted by Gasteiger charge is -2.25. The molecule has 3 aromatic rings. The molecule has 6 nitrogen and oxygen atoms in total. The van der Waals surface area contributed by atoms with Crippen LogP contribution in [0.1, 0.15) is 55.4 Å². The maximum Gasteiger partial charge on any atom is 0.200 e. The molecule has 0 radical (unpaired) electrons. The average molecular weight is 412 g/mol. The Kier molecular flexibility index (Phi) is 6.04. The molecule has 1 aliphatic rings. The molecule has 1 fully saturated rings. The van der Waals surface area contributed by atoms with Crippen LogP contribution < -0.4 is 4.74 Å². The molecule has 0 amide bonds. The fourth-order valence-corrected chi connectivity index (χ4v) is 4.80. The molecule has 7 heteroatoms. The van der Waals surface area contributed by atoms with Crippen LogP contribution in [0.25, 0.3) is 11.6 Å². The van der Waals surface area contributed by atoms with Crippen LogP contribution in [-0.4, -0.2) is 32.9 Å². The quantitative estimate of drug-likeness (QED) is 0.382. The van der Waals surface area contributed by atoms with Gasteiger partial charge in [0.25, 0.3) is 0 Å². The number of carbonyl (C=O) groups is 1. The van der Waals surface area contributed by atoms with E-state index in [1.54, 1.807) is 25.5 Å². The summed E-state index contributed by atoms with van der Waals surface area (Å²) in [6.07, 6.45) is 7.51. The number of methoxy groups -OCH3 is 1. The van der Waals surface area contributed by atoms with E-state index in [9.17, 15) is 4.79 Å². The Labute approximate surface area is 174 Å². The van der Waals surface area contributed by atoms with Gasteiger partial charge in [-0.25, -0.2) is 0 Å². The highest BCUT2D eigenvalue weighted by atomic mass is 32.2. The van der Waals surface area contributed by atoms with Crippen LogP contribution in [0, 0.1) is 0 Å². The smallest absolute Gasteiger partial charge is 0.200 e. The third-order valence-corrected chi connectivity index (χ3v) is 6.43. The Bertz CT molecular complexity index is 944. The molecule has 1 atom stereocenters. The summed E-state index contributed by atoms with van der Waals surface area (Å²) in [7, 11) is 1.62. The number of hydrogen-bond donors (Lipinski definition) is 0. The summed E-state index contributed by atoms with van der Waals surface area (Å²) < 4.78 is 13.0. The number of thioether (sulfide) groups is 1. The van der Waals surface area contributed by atoms with E-state index >= 15 is 0 Å². The molecule has 2 aromatic heterocycles. The second-order valence-corrected chi connectivity index (χ2v) is 8.61. The summed E-state index contributed by atoms with van der Waals surface area (Å²) in [5.74, 6) is 2.26. The van der Waals surface area contributed by atoms with Crippen LogP contribution in [0.4, 0.5) is 0 Å². The number of nitrogens with zero attached hydrogens (tertiary/aromatic N) is 3. The summed E-state index contributed by atoms with van der Waals surface area (Å²) >= 11 is 1.46. The Morgan fingerprint density at radius 2 is 1.93 bits per heavy atom. The van der Waals surface area contributed by atoms with Gasteiger partial charge < -0.3 is 9.15 Å². The zero-order chi connectivity index (χ0) is 20.2. The van der Waals surface area contributed by atoms with Crippen molar-refractivity contribution in [3.05, 3.63) is 48.2 Å². The van der Waals surface area contributed by atoms with Crippen LogP contribution in [0.15, 0.2) is 52.2 Å². The van der Waals surface area contributed by atoms with Gasteiger partial charge in [0.1, 0.15) is 5.75 Å². The molecule has 29 heavy (non-hydrogen) atoms. The van der Waals surface area contributed by atoms with Crippen molar-refractivity contribution >= 4 is 17.5 Å². The maximum atomic E-state index is 12.9. The first-order chi connectivity index (χ1) is 14.2. The molecule has 0 saturated heterocycles. The Balaban J connectivity index is 1.59. The highest BCUT2D eigenvalue weighted by Gasteiger charge is 2.27. The third kappa shape index (κ3) is 4.24. The molecule has 1 saturated carbocycles. The summed E-state index contributed by atoms with van der Waals surface area (Å²) in [6, 6.07) is 11.3. The number of rotatable bonds is 7. The number of benzene rings is 1. The fourth-order valence-electron chi connectivity index (χ4n) is 3.80. The molecule has 4 rings (SSSR count).